The van der Waals surface area contributed by atoms with Gasteiger partial charge in [0.15, 0.2) is 0 Å². The second kappa shape index (κ2) is 5.34. The fraction of sp³-hybridized carbons (Fsp3) is 0.692. The predicted octanol–water partition coefficient (Wildman–Crippen LogP) is 2.31. The van der Waals surface area contributed by atoms with Crippen LogP contribution in [0.25, 0.3) is 0 Å². The lowest BCUT2D eigenvalue weighted by Gasteiger charge is -2.07. The van der Waals surface area contributed by atoms with Crippen molar-refractivity contribution < 1.29 is 14.7 Å². The number of hydrogen-bond donors (Lipinski definition) is 2. The molecule has 0 radical (unpaired) electrons. The van der Waals surface area contributed by atoms with Gasteiger partial charge in [-0.2, -0.15) is 0 Å². The van der Waals surface area contributed by atoms with Crippen LogP contribution in [-0.4, -0.2) is 17.0 Å². The molecule has 0 aromatic rings. The van der Waals surface area contributed by atoms with E-state index >= 15 is 0 Å². The van der Waals surface area contributed by atoms with Crippen molar-refractivity contribution in [2.75, 3.05) is 0 Å². The Morgan fingerprint density at radius 3 is 2.47 bits per heavy atom. The van der Waals surface area contributed by atoms with Gasteiger partial charge < -0.3 is 10.4 Å². The number of unbranched alkanes of at least 4 members (excludes halogenated alkanes) is 2. The van der Waals surface area contributed by atoms with Crippen LogP contribution in [0.4, 0.5) is 0 Å². The summed E-state index contributed by atoms with van der Waals surface area (Å²) in [5.74, 6) is -1.27. The summed E-state index contributed by atoms with van der Waals surface area (Å²) in [5, 5.41) is 11.5. The Hall–Kier alpha value is -1.32. The van der Waals surface area contributed by atoms with Crippen molar-refractivity contribution in [3.8, 4) is 0 Å². The molecule has 1 fully saturated rings. The average molecular weight is 239 g/mol. The molecule has 0 aromatic carbocycles. The van der Waals surface area contributed by atoms with Crippen LogP contribution < -0.4 is 5.32 Å². The number of aliphatic carboxylic acids is 1. The van der Waals surface area contributed by atoms with Gasteiger partial charge in [-0.05, 0) is 24.7 Å². The second-order valence-corrected chi connectivity index (χ2v) is 5.30. The quantitative estimate of drug-likeness (QED) is 0.552. The van der Waals surface area contributed by atoms with Gasteiger partial charge in [-0.3, -0.25) is 4.79 Å². The van der Waals surface area contributed by atoms with Gasteiger partial charge in [0.05, 0.1) is 0 Å². The van der Waals surface area contributed by atoms with Crippen LogP contribution in [-0.2, 0) is 9.59 Å². The molecule has 0 unspecified atom stereocenters. The summed E-state index contributed by atoms with van der Waals surface area (Å²) in [4.78, 5) is 22.7. The van der Waals surface area contributed by atoms with E-state index in [-0.39, 0.29) is 22.9 Å². The highest BCUT2D eigenvalue weighted by atomic mass is 16.4. The van der Waals surface area contributed by atoms with Crippen LogP contribution in [0.15, 0.2) is 11.8 Å². The number of carboxylic acids is 1. The van der Waals surface area contributed by atoms with Gasteiger partial charge in [0.25, 0.3) is 0 Å². The van der Waals surface area contributed by atoms with E-state index in [1.54, 1.807) is 6.08 Å². The summed E-state index contributed by atoms with van der Waals surface area (Å²) in [5.41, 5.74) is 0.0445. The first-order valence-corrected chi connectivity index (χ1v) is 6.13. The Kier molecular flexibility index (Phi) is 4.32. The van der Waals surface area contributed by atoms with Crippen LogP contribution in [0.5, 0.6) is 0 Å². The molecular formula is C13H21NO3. The Labute approximate surface area is 102 Å². The van der Waals surface area contributed by atoms with Gasteiger partial charge in [0.2, 0.25) is 5.91 Å². The molecule has 1 rings (SSSR count). The van der Waals surface area contributed by atoms with Gasteiger partial charge in [0, 0.05) is 5.92 Å². The highest BCUT2D eigenvalue weighted by Crippen LogP contribution is 2.51. The first-order valence-electron chi connectivity index (χ1n) is 6.13. The zero-order chi connectivity index (χ0) is 13.1. The number of allylic oxidation sites excluding steroid dienone is 1. The molecule has 0 heterocycles. The Balaban J connectivity index is 2.53. The number of carbonyl (C=O) groups is 2. The smallest absolute Gasteiger partial charge is 0.352 e. The molecule has 1 atom stereocenters. The molecule has 17 heavy (non-hydrogen) atoms. The van der Waals surface area contributed by atoms with E-state index in [1.165, 1.54) is 0 Å². The minimum absolute atomic E-state index is 0.0196. The van der Waals surface area contributed by atoms with Crippen molar-refractivity contribution in [1.82, 2.24) is 5.32 Å². The summed E-state index contributed by atoms with van der Waals surface area (Å²) in [6.07, 6.45) is 5.06. The second-order valence-electron chi connectivity index (χ2n) is 5.30. The predicted molar refractivity (Wildman–Crippen MR) is 65.3 cm³/mol. The summed E-state index contributed by atoms with van der Waals surface area (Å²) < 4.78 is 0. The molecule has 4 nitrogen and oxygen atoms in total. The van der Waals surface area contributed by atoms with Crippen LogP contribution in [0.1, 0.15) is 46.5 Å². The summed E-state index contributed by atoms with van der Waals surface area (Å²) in [7, 11) is 0. The van der Waals surface area contributed by atoms with E-state index in [0.717, 1.165) is 19.3 Å². The van der Waals surface area contributed by atoms with Gasteiger partial charge in [0.1, 0.15) is 5.70 Å². The maximum absolute atomic E-state index is 11.8. The van der Waals surface area contributed by atoms with E-state index in [9.17, 15) is 9.59 Å². The molecule has 0 saturated heterocycles. The van der Waals surface area contributed by atoms with Crippen molar-refractivity contribution in [3.63, 3.8) is 0 Å². The van der Waals surface area contributed by atoms with Crippen LogP contribution >= 0.6 is 0 Å². The lowest BCUT2D eigenvalue weighted by Crippen LogP contribution is -2.29. The fourth-order valence-electron chi connectivity index (χ4n) is 1.78. The molecule has 1 aliphatic carbocycles. The zero-order valence-electron chi connectivity index (χ0n) is 10.7. The van der Waals surface area contributed by atoms with Gasteiger partial charge in [-0.25, -0.2) is 4.79 Å². The van der Waals surface area contributed by atoms with Crippen LogP contribution in [0.2, 0.25) is 0 Å². The minimum Gasteiger partial charge on any atom is -0.477 e. The van der Waals surface area contributed by atoms with Crippen molar-refractivity contribution in [1.29, 1.82) is 0 Å². The maximum atomic E-state index is 11.8. The van der Waals surface area contributed by atoms with E-state index in [1.807, 2.05) is 20.8 Å². The molecule has 0 aromatic heterocycles. The third-order valence-corrected chi connectivity index (χ3v) is 3.22. The highest BCUT2D eigenvalue weighted by molar-refractivity contribution is 5.94. The van der Waals surface area contributed by atoms with Crippen molar-refractivity contribution in [2.24, 2.45) is 11.3 Å². The number of hydrogen-bond acceptors (Lipinski definition) is 2. The van der Waals surface area contributed by atoms with Crippen molar-refractivity contribution in [3.05, 3.63) is 11.8 Å². The number of amides is 1. The minimum atomic E-state index is -1.06. The first kappa shape index (κ1) is 13.7. The van der Waals surface area contributed by atoms with E-state index in [4.69, 9.17) is 5.11 Å². The van der Waals surface area contributed by atoms with Crippen molar-refractivity contribution in [2.45, 2.75) is 46.5 Å². The average Bonchev–Trinajstić information content (AvgIpc) is 2.86. The molecular weight excluding hydrogens is 218 g/mol. The Morgan fingerprint density at radius 1 is 1.47 bits per heavy atom. The third kappa shape index (κ3) is 3.88. The number of carboxylic acid groups (broad SMARTS) is 1. The van der Waals surface area contributed by atoms with Gasteiger partial charge >= 0.3 is 5.97 Å². The maximum Gasteiger partial charge on any atom is 0.352 e. The Bertz CT molecular complexity index is 345. The molecule has 1 saturated carbocycles. The molecule has 96 valence electrons. The molecule has 0 aliphatic heterocycles. The molecule has 2 N–H and O–H groups in total. The topological polar surface area (TPSA) is 66.4 Å². The lowest BCUT2D eigenvalue weighted by molar-refractivity contribution is -0.135. The SMILES string of the molecule is CCCCC=C(NC(=O)[C@H]1CC1(C)C)C(=O)O. The zero-order valence-corrected chi connectivity index (χ0v) is 10.7. The Morgan fingerprint density at radius 2 is 2.06 bits per heavy atom. The van der Waals surface area contributed by atoms with E-state index in [2.05, 4.69) is 5.32 Å². The van der Waals surface area contributed by atoms with Gasteiger partial charge in [-0.1, -0.05) is 33.3 Å². The van der Waals surface area contributed by atoms with Crippen LogP contribution in [0, 0.1) is 11.3 Å². The van der Waals surface area contributed by atoms with Crippen LogP contribution in [0.3, 0.4) is 0 Å². The standard InChI is InChI=1S/C13H21NO3/c1-4-5-6-7-10(12(16)17)14-11(15)9-8-13(9,2)3/h7,9H,4-6,8H2,1-3H3,(H,14,15)(H,16,17)/t9-/m1/s1. The molecule has 1 aliphatic rings. The molecule has 0 bridgehead atoms. The third-order valence-electron chi connectivity index (χ3n) is 3.22. The molecule has 1 amide bonds. The lowest BCUT2D eigenvalue weighted by atomic mass is 10.1. The largest absolute Gasteiger partial charge is 0.477 e. The molecule has 0 spiro atoms. The summed E-state index contributed by atoms with van der Waals surface area (Å²) in [6.45, 7) is 6.07. The first-order chi connectivity index (χ1) is 7.88. The number of nitrogens with one attached hydrogen (secondary N) is 1. The van der Waals surface area contributed by atoms with Crippen molar-refractivity contribution >= 4 is 11.9 Å². The number of carbonyl (C=O) groups excluding carboxylic acids is 1. The fourth-order valence-corrected chi connectivity index (χ4v) is 1.78. The highest BCUT2D eigenvalue weighted by Gasteiger charge is 2.50. The summed E-state index contributed by atoms with van der Waals surface area (Å²) in [6, 6.07) is 0. The van der Waals surface area contributed by atoms with E-state index < -0.39 is 5.97 Å². The van der Waals surface area contributed by atoms with Gasteiger partial charge in [-0.15, -0.1) is 0 Å². The summed E-state index contributed by atoms with van der Waals surface area (Å²) >= 11 is 0. The number of rotatable bonds is 6. The molecule has 4 heteroatoms. The van der Waals surface area contributed by atoms with E-state index in [0.29, 0.717) is 6.42 Å². The monoisotopic (exact) mass is 239 g/mol. The normalized spacial score (nSPS) is 22.1.